The maximum atomic E-state index is 12.8. The van der Waals surface area contributed by atoms with Crippen LogP contribution in [0, 0.1) is 13.8 Å². The van der Waals surface area contributed by atoms with Gasteiger partial charge in [-0.2, -0.15) is 0 Å². The summed E-state index contributed by atoms with van der Waals surface area (Å²) < 4.78 is 4.10. The largest absolute Gasteiger partial charge is 0.506 e. The lowest BCUT2D eigenvalue weighted by Crippen LogP contribution is -2.25. The average molecular weight is 311 g/mol. The van der Waals surface area contributed by atoms with Gasteiger partial charge in [0.2, 0.25) is 5.78 Å². The van der Waals surface area contributed by atoms with Gasteiger partial charge in [0.05, 0.1) is 16.7 Å². The molecule has 1 aromatic heterocycles. The summed E-state index contributed by atoms with van der Waals surface area (Å²) in [5, 5.41) is 10.6. The molecule has 0 unspecified atom stereocenters. The van der Waals surface area contributed by atoms with Crippen molar-refractivity contribution in [1.29, 1.82) is 0 Å². The Morgan fingerprint density at radius 2 is 1.65 bits per heavy atom. The predicted octanol–water partition coefficient (Wildman–Crippen LogP) is 3.20. The number of rotatable bonds is 1. The first-order valence-electron chi connectivity index (χ1n) is 7.79. The van der Waals surface area contributed by atoms with E-state index in [1.165, 1.54) is 0 Å². The molecule has 23 heavy (non-hydrogen) atoms. The van der Waals surface area contributed by atoms with Crippen molar-refractivity contribution < 1.29 is 14.5 Å². The summed E-state index contributed by atoms with van der Waals surface area (Å²) in [6.07, 6.45) is 0. The van der Waals surface area contributed by atoms with E-state index in [9.17, 15) is 9.90 Å². The quantitative estimate of drug-likeness (QED) is 0.639. The van der Waals surface area contributed by atoms with Gasteiger partial charge in [-0.15, -0.1) is 0 Å². The molecule has 0 saturated heterocycles. The van der Waals surface area contributed by atoms with E-state index < -0.39 is 0 Å². The van der Waals surface area contributed by atoms with Gasteiger partial charge >= 0.3 is 0 Å². The third-order valence-corrected chi connectivity index (χ3v) is 5.51. The molecule has 0 atom stereocenters. The summed E-state index contributed by atoms with van der Waals surface area (Å²) in [5.41, 5.74) is 7.86. The number of nitrogens with zero attached hydrogens (tertiary/aromatic N) is 2. The Morgan fingerprint density at radius 3 is 2.04 bits per heavy atom. The smallest absolute Gasteiger partial charge is 0.202 e. The first-order chi connectivity index (χ1) is 10.7. The number of ketones is 1. The zero-order valence-corrected chi connectivity index (χ0v) is 14.8. The molecule has 0 aromatic carbocycles. The van der Waals surface area contributed by atoms with Crippen LogP contribution < -0.4 is 0 Å². The number of aliphatic hydroxyl groups excluding tert-OH is 1. The topological polar surface area (TPSA) is 45.2 Å². The predicted molar refractivity (Wildman–Crippen MR) is 91.7 cm³/mol. The van der Waals surface area contributed by atoms with Gasteiger partial charge < -0.3 is 9.67 Å². The van der Waals surface area contributed by atoms with Crippen LogP contribution in [-0.4, -0.2) is 32.8 Å². The number of aliphatic hydroxyl groups is 1. The Labute approximate surface area is 136 Å². The summed E-state index contributed by atoms with van der Waals surface area (Å²) in [5.74, 6) is 0.0634. The summed E-state index contributed by atoms with van der Waals surface area (Å²) in [7, 11) is 3.95. The molecule has 3 rings (SSSR count). The normalized spacial score (nSPS) is 21.8. The van der Waals surface area contributed by atoms with Gasteiger partial charge in [0.15, 0.2) is 11.4 Å². The van der Waals surface area contributed by atoms with Crippen LogP contribution in [0.4, 0.5) is 0 Å². The highest BCUT2D eigenvalue weighted by molar-refractivity contribution is 6.41. The van der Waals surface area contributed by atoms with Crippen LogP contribution >= 0.6 is 0 Å². The number of aryl methyl sites for hydroxylation is 1. The number of allylic oxidation sites excluding steroid dienone is 5. The molecule has 0 spiro atoms. The van der Waals surface area contributed by atoms with Crippen molar-refractivity contribution in [3.63, 3.8) is 0 Å². The third-order valence-electron chi connectivity index (χ3n) is 5.51. The maximum absolute atomic E-state index is 12.8. The monoisotopic (exact) mass is 311 g/mol. The van der Waals surface area contributed by atoms with Crippen molar-refractivity contribution >= 4 is 17.1 Å². The van der Waals surface area contributed by atoms with Crippen LogP contribution in [0.3, 0.4) is 0 Å². The van der Waals surface area contributed by atoms with Crippen LogP contribution in [-0.2, 0) is 11.8 Å². The fourth-order valence-electron chi connectivity index (χ4n) is 3.48. The molecule has 1 aliphatic heterocycles. The molecule has 4 heteroatoms. The van der Waals surface area contributed by atoms with Crippen LogP contribution in [0.5, 0.6) is 0 Å². The highest BCUT2D eigenvalue weighted by Gasteiger charge is 2.42. The van der Waals surface area contributed by atoms with Crippen LogP contribution in [0.1, 0.15) is 37.7 Å². The molecular formula is C19H23N2O2+. The van der Waals surface area contributed by atoms with E-state index >= 15 is 0 Å². The second-order valence-corrected chi connectivity index (χ2v) is 6.50. The van der Waals surface area contributed by atoms with Crippen molar-refractivity contribution in [2.75, 3.05) is 7.05 Å². The molecule has 0 radical (unpaired) electrons. The van der Waals surface area contributed by atoms with Gasteiger partial charge in [-0.1, -0.05) is 0 Å². The molecule has 0 bridgehead atoms. The molecule has 4 nitrogen and oxygen atoms in total. The highest BCUT2D eigenvalue weighted by atomic mass is 16.3. The third kappa shape index (κ3) is 1.84. The van der Waals surface area contributed by atoms with Gasteiger partial charge in [0.25, 0.3) is 0 Å². The van der Waals surface area contributed by atoms with E-state index in [2.05, 4.69) is 4.58 Å². The van der Waals surface area contributed by atoms with E-state index in [0.717, 1.165) is 39.5 Å². The molecular weight excluding hydrogens is 288 g/mol. The number of hydrogen-bond acceptors (Lipinski definition) is 2. The first kappa shape index (κ1) is 15.5. The second-order valence-electron chi connectivity index (χ2n) is 6.50. The molecule has 0 fully saturated rings. The Morgan fingerprint density at radius 1 is 1.04 bits per heavy atom. The second kappa shape index (κ2) is 4.82. The van der Waals surface area contributed by atoms with Gasteiger partial charge in [-0.3, -0.25) is 4.79 Å². The minimum Gasteiger partial charge on any atom is -0.506 e. The van der Waals surface area contributed by atoms with Crippen molar-refractivity contribution in [2.45, 2.75) is 34.6 Å². The van der Waals surface area contributed by atoms with Gasteiger partial charge in [-0.05, 0) is 26.8 Å². The number of aromatic nitrogens is 1. The molecule has 120 valence electrons. The minimum absolute atomic E-state index is 0.0620. The highest BCUT2D eigenvalue weighted by Crippen LogP contribution is 2.42. The summed E-state index contributed by atoms with van der Waals surface area (Å²) in [6, 6.07) is 1.96. The van der Waals surface area contributed by atoms with Crippen LogP contribution in [0.2, 0.25) is 0 Å². The zero-order valence-electron chi connectivity index (χ0n) is 14.8. The summed E-state index contributed by atoms with van der Waals surface area (Å²) >= 11 is 0. The summed E-state index contributed by atoms with van der Waals surface area (Å²) in [6.45, 7) is 9.98. The number of Topliss-reactive ketones (excluding diaryl/α,β-unsaturated/α-hetero) is 1. The first-order valence-corrected chi connectivity index (χ1v) is 7.79. The Bertz CT molecular complexity index is 876. The van der Waals surface area contributed by atoms with Crippen molar-refractivity contribution in [3.05, 3.63) is 51.2 Å². The minimum atomic E-state index is -0.0620. The lowest BCUT2D eigenvalue weighted by molar-refractivity contribution is -0.440. The molecule has 1 aromatic rings. The zero-order chi connectivity index (χ0) is 17.2. The van der Waals surface area contributed by atoms with Crippen LogP contribution in [0.25, 0.3) is 5.57 Å². The molecule has 0 saturated carbocycles. The number of hydrogen-bond donors (Lipinski definition) is 1. The van der Waals surface area contributed by atoms with Crippen molar-refractivity contribution in [3.8, 4) is 0 Å². The fraction of sp³-hybridized carbons (Fsp3) is 0.368. The number of carbonyl (C=O) groups is 1. The standard InChI is InChI=1S/C19H22N2O2/c1-9-8-14(12(4)20(9)6)16-18(22)17(19(16)23)15-10(2)11(3)21(7)13(15)5/h8H,1-7H3/p+1. The van der Waals surface area contributed by atoms with Gasteiger partial charge in [-0.25, -0.2) is 4.58 Å². The van der Waals surface area contributed by atoms with E-state index in [1.807, 2.05) is 59.3 Å². The van der Waals surface area contributed by atoms with Gasteiger partial charge in [0.1, 0.15) is 12.8 Å². The van der Waals surface area contributed by atoms with Gasteiger partial charge in [0, 0.05) is 43.4 Å². The Hall–Kier alpha value is -2.36. The Balaban J connectivity index is 2.22. The maximum Gasteiger partial charge on any atom is 0.202 e. The average Bonchev–Trinajstić information content (AvgIpc) is 2.86. The van der Waals surface area contributed by atoms with E-state index in [0.29, 0.717) is 11.1 Å². The molecule has 1 N–H and O–H groups in total. The lowest BCUT2D eigenvalue weighted by Gasteiger charge is -2.23. The Kier molecular flexibility index (Phi) is 3.25. The molecule has 0 amide bonds. The SMILES string of the molecule is CC1=C(C)[N+](C)=C(C)/C1=C1\C(=O)C(c2cc(C)n(C)c2C)=C1O. The van der Waals surface area contributed by atoms with E-state index in [4.69, 9.17) is 0 Å². The van der Waals surface area contributed by atoms with E-state index in [-0.39, 0.29) is 11.5 Å². The molecule has 1 aliphatic carbocycles. The number of carbonyl (C=O) groups excluding carboxylic acids is 1. The fourth-order valence-corrected chi connectivity index (χ4v) is 3.48. The molecule has 2 heterocycles. The molecule has 2 aliphatic rings. The lowest BCUT2D eigenvalue weighted by atomic mass is 9.78. The van der Waals surface area contributed by atoms with Crippen molar-refractivity contribution in [2.24, 2.45) is 7.05 Å². The van der Waals surface area contributed by atoms with Crippen molar-refractivity contribution in [1.82, 2.24) is 4.57 Å². The van der Waals surface area contributed by atoms with Crippen LogP contribution in [0.15, 0.2) is 34.2 Å². The van der Waals surface area contributed by atoms with E-state index in [1.54, 1.807) is 0 Å². The summed E-state index contributed by atoms with van der Waals surface area (Å²) in [4.78, 5) is 12.8.